The predicted octanol–water partition coefficient (Wildman–Crippen LogP) is 3.83. The molecule has 0 spiro atoms. The Hall–Kier alpha value is -2.45. The van der Waals surface area contributed by atoms with Gasteiger partial charge in [0.15, 0.2) is 5.16 Å². The molecule has 0 saturated heterocycles. The molecule has 2 aromatic heterocycles. The summed E-state index contributed by atoms with van der Waals surface area (Å²) in [6.45, 7) is 0.441. The zero-order valence-corrected chi connectivity index (χ0v) is 15.6. The number of thiazole rings is 1. The van der Waals surface area contributed by atoms with E-state index in [9.17, 15) is 9.18 Å². The van der Waals surface area contributed by atoms with Gasteiger partial charge in [0.2, 0.25) is 10.9 Å². The minimum Gasteiger partial charge on any atom is -0.341 e. The van der Waals surface area contributed by atoms with Gasteiger partial charge in [-0.25, -0.2) is 4.39 Å². The Labute approximate surface area is 157 Å². The molecule has 0 radical (unpaired) electrons. The Morgan fingerprint density at radius 1 is 1.19 bits per heavy atom. The minimum atomic E-state index is -0.280. The van der Waals surface area contributed by atoms with Crippen molar-refractivity contribution in [3.63, 3.8) is 0 Å². The highest BCUT2D eigenvalue weighted by atomic mass is 32.2. The number of thioether (sulfide) groups is 1. The summed E-state index contributed by atoms with van der Waals surface area (Å²) in [4.78, 5) is 14.9. The smallest absolute Gasteiger partial charge is 0.233 e. The molecule has 0 aliphatic heterocycles. The van der Waals surface area contributed by atoms with Crippen molar-refractivity contribution in [2.75, 3.05) is 12.8 Å². The first-order chi connectivity index (χ1) is 12.6. The van der Waals surface area contributed by atoms with Gasteiger partial charge in [-0.1, -0.05) is 47.4 Å². The Balaban J connectivity index is 1.45. The number of halogens is 1. The van der Waals surface area contributed by atoms with Crippen LogP contribution < -0.4 is 0 Å². The van der Waals surface area contributed by atoms with Crippen LogP contribution in [0.1, 0.15) is 5.56 Å². The summed E-state index contributed by atoms with van der Waals surface area (Å²) >= 11 is 2.95. The van der Waals surface area contributed by atoms with Crippen LogP contribution in [0.2, 0.25) is 0 Å². The first-order valence-corrected chi connectivity index (χ1v) is 9.76. The lowest BCUT2D eigenvalue weighted by Crippen LogP contribution is -2.27. The third-order valence-corrected chi connectivity index (χ3v) is 5.92. The maximum Gasteiger partial charge on any atom is 0.233 e. The summed E-state index contributed by atoms with van der Waals surface area (Å²) in [5, 5.41) is 9.12. The van der Waals surface area contributed by atoms with Crippen LogP contribution in [0.3, 0.4) is 0 Å². The molecule has 8 heteroatoms. The number of amides is 1. The molecule has 1 amide bonds. The van der Waals surface area contributed by atoms with E-state index in [1.807, 2.05) is 28.7 Å². The molecule has 132 valence electrons. The summed E-state index contributed by atoms with van der Waals surface area (Å²) in [5.41, 5.74) is 1.94. The van der Waals surface area contributed by atoms with Crippen molar-refractivity contribution in [2.45, 2.75) is 11.7 Å². The second-order valence-electron chi connectivity index (χ2n) is 5.84. The van der Waals surface area contributed by atoms with E-state index >= 15 is 0 Å². The van der Waals surface area contributed by atoms with Gasteiger partial charge in [0.1, 0.15) is 5.82 Å². The third kappa shape index (κ3) is 3.30. The SMILES string of the molecule is CN(Cc1ccc(F)cc1)C(=O)CSc1nnc2sc3ccccc3n12. The first-order valence-electron chi connectivity index (χ1n) is 7.96. The minimum absolute atomic E-state index is 0.0180. The summed E-state index contributed by atoms with van der Waals surface area (Å²) in [6.07, 6.45) is 0. The predicted molar refractivity (Wildman–Crippen MR) is 102 cm³/mol. The molecule has 5 nitrogen and oxygen atoms in total. The van der Waals surface area contributed by atoms with Crippen molar-refractivity contribution in [3.8, 4) is 0 Å². The molecule has 0 N–H and O–H groups in total. The number of benzene rings is 2. The maximum atomic E-state index is 13.0. The Morgan fingerprint density at radius 2 is 1.96 bits per heavy atom. The van der Waals surface area contributed by atoms with Gasteiger partial charge in [0.05, 0.1) is 16.0 Å². The number of para-hydroxylation sites is 1. The maximum absolute atomic E-state index is 13.0. The number of carbonyl (C=O) groups is 1. The molecule has 0 unspecified atom stereocenters. The van der Waals surface area contributed by atoms with E-state index in [-0.39, 0.29) is 17.5 Å². The van der Waals surface area contributed by atoms with Crippen molar-refractivity contribution in [3.05, 3.63) is 59.9 Å². The largest absolute Gasteiger partial charge is 0.341 e. The van der Waals surface area contributed by atoms with Crippen LogP contribution in [-0.4, -0.2) is 38.2 Å². The fourth-order valence-corrected chi connectivity index (χ4v) is 4.55. The fourth-order valence-electron chi connectivity index (χ4n) is 2.64. The van der Waals surface area contributed by atoms with Gasteiger partial charge in [0.25, 0.3) is 0 Å². The Bertz CT molecular complexity index is 1070. The number of hydrogen-bond acceptors (Lipinski definition) is 5. The lowest BCUT2D eigenvalue weighted by Gasteiger charge is -2.16. The summed E-state index contributed by atoms with van der Waals surface area (Å²) < 4.78 is 16.1. The number of rotatable bonds is 5. The fraction of sp³-hybridized carbons (Fsp3) is 0.167. The zero-order chi connectivity index (χ0) is 18.1. The second-order valence-corrected chi connectivity index (χ2v) is 7.79. The van der Waals surface area contributed by atoms with Crippen molar-refractivity contribution < 1.29 is 9.18 Å². The molecule has 0 bridgehead atoms. The molecule has 0 aliphatic carbocycles. The summed E-state index contributed by atoms with van der Waals surface area (Å²) in [7, 11) is 1.74. The average Bonchev–Trinajstić information content (AvgIpc) is 3.20. The molecular formula is C18H15FN4OS2. The molecule has 0 aliphatic rings. The molecule has 4 rings (SSSR count). The van der Waals surface area contributed by atoms with E-state index in [1.165, 1.54) is 23.9 Å². The summed E-state index contributed by atoms with van der Waals surface area (Å²) in [5.74, 6) is -0.0319. The monoisotopic (exact) mass is 386 g/mol. The Morgan fingerprint density at radius 3 is 2.77 bits per heavy atom. The molecule has 0 atom stereocenters. The number of aromatic nitrogens is 3. The molecular weight excluding hydrogens is 371 g/mol. The van der Waals surface area contributed by atoms with Gasteiger partial charge in [-0.05, 0) is 29.8 Å². The molecule has 2 aromatic carbocycles. The van der Waals surface area contributed by atoms with Crippen molar-refractivity contribution >= 4 is 44.2 Å². The van der Waals surface area contributed by atoms with Gasteiger partial charge in [-0.2, -0.15) is 0 Å². The number of hydrogen-bond donors (Lipinski definition) is 0. The molecule has 4 aromatic rings. The molecule has 0 fully saturated rings. The van der Waals surface area contributed by atoms with Gasteiger partial charge >= 0.3 is 0 Å². The van der Waals surface area contributed by atoms with E-state index in [1.54, 1.807) is 35.4 Å². The van der Waals surface area contributed by atoms with Gasteiger partial charge in [-0.15, -0.1) is 10.2 Å². The van der Waals surface area contributed by atoms with Crippen LogP contribution in [0.4, 0.5) is 4.39 Å². The molecule has 2 heterocycles. The quantitative estimate of drug-likeness (QED) is 0.489. The van der Waals surface area contributed by atoms with Crippen LogP contribution in [0.25, 0.3) is 15.2 Å². The van der Waals surface area contributed by atoms with Crippen molar-refractivity contribution in [1.82, 2.24) is 19.5 Å². The lowest BCUT2D eigenvalue weighted by molar-refractivity contribution is -0.127. The summed E-state index contributed by atoms with van der Waals surface area (Å²) in [6, 6.07) is 14.2. The van der Waals surface area contributed by atoms with E-state index in [2.05, 4.69) is 10.2 Å². The van der Waals surface area contributed by atoms with Crippen molar-refractivity contribution in [1.29, 1.82) is 0 Å². The van der Waals surface area contributed by atoms with E-state index < -0.39 is 0 Å². The standard InChI is InChI=1S/C18H15FN4OS2/c1-22(10-12-6-8-13(19)9-7-12)16(24)11-25-17-20-21-18-23(17)14-4-2-3-5-15(14)26-18/h2-9H,10-11H2,1H3. The molecule has 0 saturated carbocycles. The van der Waals surface area contributed by atoms with Gasteiger partial charge in [-0.3, -0.25) is 9.20 Å². The van der Waals surface area contributed by atoms with Crippen LogP contribution >= 0.6 is 23.1 Å². The Kier molecular flexibility index (Phi) is 4.60. The van der Waals surface area contributed by atoms with Crippen LogP contribution in [0, 0.1) is 5.82 Å². The lowest BCUT2D eigenvalue weighted by atomic mass is 10.2. The van der Waals surface area contributed by atoms with Crippen LogP contribution in [-0.2, 0) is 11.3 Å². The molecule has 26 heavy (non-hydrogen) atoms. The van der Waals surface area contributed by atoms with Gasteiger partial charge in [0, 0.05) is 13.6 Å². The van der Waals surface area contributed by atoms with E-state index in [0.717, 1.165) is 20.7 Å². The number of nitrogens with zero attached hydrogens (tertiary/aromatic N) is 4. The highest BCUT2D eigenvalue weighted by molar-refractivity contribution is 7.99. The number of carbonyl (C=O) groups excluding carboxylic acids is 1. The van der Waals surface area contributed by atoms with Gasteiger partial charge < -0.3 is 4.90 Å². The highest BCUT2D eigenvalue weighted by Crippen LogP contribution is 2.29. The van der Waals surface area contributed by atoms with Crippen LogP contribution in [0.15, 0.2) is 53.7 Å². The normalized spacial score (nSPS) is 11.3. The first kappa shape index (κ1) is 17.0. The van der Waals surface area contributed by atoms with Crippen LogP contribution in [0.5, 0.6) is 0 Å². The zero-order valence-electron chi connectivity index (χ0n) is 13.9. The third-order valence-electron chi connectivity index (χ3n) is 3.99. The average molecular weight is 386 g/mol. The second kappa shape index (κ2) is 7.05. The highest BCUT2D eigenvalue weighted by Gasteiger charge is 2.16. The van der Waals surface area contributed by atoms with E-state index in [0.29, 0.717) is 11.7 Å². The topological polar surface area (TPSA) is 50.5 Å². The number of fused-ring (bicyclic) bond motifs is 3. The van der Waals surface area contributed by atoms with E-state index in [4.69, 9.17) is 0 Å². The van der Waals surface area contributed by atoms with Crippen molar-refractivity contribution in [2.24, 2.45) is 0 Å².